The summed E-state index contributed by atoms with van der Waals surface area (Å²) < 4.78 is 13.2. The summed E-state index contributed by atoms with van der Waals surface area (Å²) >= 11 is 0. The highest BCUT2D eigenvalue weighted by atomic mass is 19.1. The van der Waals surface area contributed by atoms with Crippen LogP contribution in [0.2, 0.25) is 0 Å². The van der Waals surface area contributed by atoms with Crippen molar-refractivity contribution in [2.45, 2.75) is 6.54 Å². The molecule has 21 heavy (non-hydrogen) atoms. The molecule has 0 saturated heterocycles. The molecule has 0 radical (unpaired) electrons. The van der Waals surface area contributed by atoms with E-state index in [1.165, 1.54) is 18.2 Å². The van der Waals surface area contributed by atoms with Gasteiger partial charge in [-0.2, -0.15) is 0 Å². The van der Waals surface area contributed by atoms with Crippen LogP contribution < -0.4 is 10.2 Å². The molecule has 110 valence electrons. The van der Waals surface area contributed by atoms with Crippen molar-refractivity contribution in [1.82, 2.24) is 0 Å². The van der Waals surface area contributed by atoms with Gasteiger partial charge in [-0.3, -0.25) is 10.1 Å². The highest BCUT2D eigenvalue weighted by molar-refractivity contribution is 5.62. The van der Waals surface area contributed by atoms with Gasteiger partial charge in [0.25, 0.3) is 5.69 Å². The number of benzene rings is 2. The van der Waals surface area contributed by atoms with Crippen molar-refractivity contribution >= 4 is 17.1 Å². The molecule has 0 aliphatic carbocycles. The summed E-state index contributed by atoms with van der Waals surface area (Å²) in [6.45, 7) is 0.524. The molecule has 0 fully saturated rings. The quantitative estimate of drug-likeness (QED) is 0.677. The van der Waals surface area contributed by atoms with Crippen LogP contribution in [0.5, 0.6) is 0 Å². The zero-order chi connectivity index (χ0) is 15.4. The van der Waals surface area contributed by atoms with Crippen LogP contribution >= 0.6 is 0 Å². The maximum Gasteiger partial charge on any atom is 0.292 e. The van der Waals surface area contributed by atoms with Gasteiger partial charge in [0.2, 0.25) is 0 Å². The van der Waals surface area contributed by atoms with Gasteiger partial charge in [-0.05, 0) is 29.8 Å². The lowest BCUT2D eigenvalue weighted by molar-refractivity contribution is -0.383. The Kier molecular flexibility index (Phi) is 4.37. The van der Waals surface area contributed by atoms with Crippen LogP contribution in [0, 0.1) is 15.9 Å². The lowest BCUT2D eigenvalue weighted by atomic mass is 10.1. The summed E-state index contributed by atoms with van der Waals surface area (Å²) in [5, 5.41) is 13.7. The van der Waals surface area contributed by atoms with Gasteiger partial charge < -0.3 is 10.2 Å². The molecule has 0 amide bonds. The minimum absolute atomic E-state index is 0.0367. The molecule has 0 aromatic heterocycles. The Balaban J connectivity index is 2.21. The lowest BCUT2D eigenvalue weighted by Gasteiger charge is -2.19. The number of nitrogens with one attached hydrogen (secondary N) is 1. The predicted molar refractivity (Wildman–Crippen MR) is 81.2 cm³/mol. The zero-order valence-electron chi connectivity index (χ0n) is 11.8. The van der Waals surface area contributed by atoms with Gasteiger partial charge in [0.05, 0.1) is 4.92 Å². The van der Waals surface area contributed by atoms with Crippen molar-refractivity contribution in [3.8, 4) is 0 Å². The number of nitro benzene ring substituents is 1. The van der Waals surface area contributed by atoms with Crippen LogP contribution in [0.3, 0.4) is 0 Å². The Morgan fingerprint density at radius 3 is 2.67 bits per heavy atom. The first-order valence-corrected chi connectivity index (χ1v) is 6.43. The minimum Gasteiger partial charge on any atom is -0.383 e. The van der Waals surface area contributed by atoms with E-state index < -0.39 is 4.92 Å². The van der Waals surface area contributed by atoms with E-state index in [4.69, 9.17) is 0 Å². The maximum atomic E-state index is 13.2. The fourth-order valence-electron chi connectivity index (χ4n) is 2.12. The first kappa shape index (κ1) is 14.8. The Morgan fingerprint density at radius 1 is 1.29 bits per heavy atom. The first-order chi connectivity index (χ1) is 10.0. The van der Waals surface area contributed by atoms with Crippen molar-refractivity contribution in [3.63, 3.8) is 0 Å². The second kappa shape index (κ2) is 6.21. The van der Waals surface area contributed by atoms with E-state index >= 15 is 0 Å². The normalized spacial score (nSPS) is 10.2. The fraction of sp³-hybridized carbons (Fsp3) is 0.200. The van der Waals surface area contributed by atoms with Crippen molar-refractivity contribution in [2.75, 3.05) is 24.3 Å². The molecule has 0 heterocycles. The van der Waals surface area contributed by atoms with Gasteiger partial charge in [-0.1, -0.05) is 12.1 Å². The monoisotopic (exact) mass is 289 g/mol. The van der Waals surface area contributed by atoms with Crippen LogP contribution in [0.15, 0.2) is 42.5 Å². The second-order valence-corrected chi connectivity index (χ2v) is 4.69. The molecule has 0 atom stereocenters. The van der Waals surface area contributed by atoms with Crippen molar-refractivity contribution < 1.29 is 9.31 Å². The molecule has 6 heteroatoms. The highest BCUT2D eigenvalue weighted by Gasteiger charge is 2.13. The summed E-state index contributed by atoms with van der Waals surface area (Å²) in [4.78, 5) is 12.3. The largest absolute Gasteiger partial charge is 0.383 e. The molecular weight excluding hydrogens is 273 g/mol. The predicted octanol–water partition coefficient (Wildman–Crippen LogP) is 3.41. The zero-order valence-corrected chi connectivity index (χ0v) is 11.8. The third-order valence-corrected chi connectivity index (χ3v) is 3.20. The fourth-order valence-corrected chi connectivity index (χ4v) is 2.12. The van der Waals surface area contributed by atoms with Crippen molar-refractivity contribution in [1.29, 1.82) is 0 Å². The molecule has 0 aliphatic heterocycles. The van der Waals surface area contributed by atoms with E-state index in [1.54, 1.807) is 25.2 Å². The van der Waals surface area contributed by atoms with E-state index in [0.717, 1.165) is 11.3 Å². The second-order valence-electron chi connectivity index (χ2n) is 4.69. The molecule has 0 saturated carbocycles. The molecule has 2 rings (SSSR count). The van der Waals surface area contributed by atoms with Crippen LogP contribution in [0.4, 0.5) is 21.5 Å². The Bertz CT molecular complexity index is 661. The SMILES string of the molecule is CNc1cc(CN(C)c2cccc(F)c2)ccc1[N+](=O)[O-]. The van der Waals surface area contributed by atoms with Gasteiger partial charge in [0.1, 0.15) is 11.5 Å². The van der Waals surface area contributed by atoms with Gasteiger partial charge in [0, 0.05) is 32.4 Å². The molecule has 0 spiro atoms. The molecule has 2 aromatic carbocycles. The molecule has 0 bridgehead atoms. The Labute approximate surface area is 122 Å². The topological polar surface area (TPSA) is 58.4 Å². The number of hydrogen-bond acceptors (Lipinski definition) is 4. The smallest absolute Gasteiger partial charge is 0.292 e. The number of rotatable bonds is 5. The minimum atomic E-state index is -0.425. The highest BCUT2D eigenvalue weighted by Crippen LogP contribution is 2.26. The van der Waals surface area contributed by atoms with Gasteiger partial charge >= 0.3 is 0 Å². The van der Waals surface area contributed by atoms with Crippen molar-refractivity contribution in [3.05, 3.63) is 64.0 Å². The summed E-state index contributed by atoms with van der Waals surface area (Å²) in [5.74, 6) is -0.293. The Hall–Kier alpha value is -2.63. The summed E-state index contributed by atoms with van der Waals surface area (Å²) in [6.07, 6.45) is 0. The standard InChI is InChI=1S/C15H16FN3O2/c1-17-14-8-11(6-7-15(14)19(20)21)10-18(2)13-5-3-4-12(16)9-13/h3-9,17H,10H2,1-2H3. The van der Waals surface area contributed by atoms with Crippen LogP contribution in [0.25, 0.3) is 0 Å². The summed E-state index contributed by atoms with van der Waals surface area (Å²) in [5.41, 5.74) is 2.15. The summed E-state index contributed by atoms with van der Waals surface area (Å²) in [6, 6.07) is 11.2. The number of nitro groups is 1. The van der Waals surface area contributed by atoms with Gasteiger partial charge in [-0.25, -0.2) is 4.39 Å². The van der Waals surface area contributed by atoms with E-state index in [0.29, 0.717) is 12.2 Å². The number of nitrogens with zero attached hydrogens (tertiary/aromatic N) is 2. The molecule has 0 aliphatic rings. The van der Waals surface area contributed by atoms with E-state index in [2.05, 4.69) is 5.32 Å². The van der Waals surface area contributed by atoms with E-state index in [1.807, 2.05) is 18.0 Å². The summed E-state index contributed by atoms with van der Waals surface area (Å²) in [7, 11) is 3.48. The third kappa shape index (κ3) is 3.47. The molecule has 2 aromatic rings. The maximum absolute atomic E-state index is 13.2. The average molecular weight is 289 g/mol. The van der Waals surface area contributed by atoms with E-state index in [9.17, 15) is 14.5 Å². The van der Waals surface area contributed by atoms with Crippen LogP contribution in [-0.2, 0) is 6.54 Å². The number of halogens is 1. The third-order valence-electron chi connectivity index (χ3n) is 3.20. The molecule has 1 N–H and O–H groups in total. The average Bonchev–Trinajstić information content (AvgIpc) is 2.46. The Morgan fingerprint density at radius 2 is 2.05 bits per heavy atom. The number of anilines is 2. The van der Waals surface area contributed by atoms with Crippen LogP contribution in [-0.4, -0.2) is 19.0 Å². The molecular formula is C15H16FN3O2. The number of hydrogen-bond donors (Lipinski definition) is 1. The van der Waals surface area contributed by atoms with Gasteiger partial charge in [-0.15, -0.1) is 0 Å². The molecule has 0 unspecified atom stereocenters. The molecule has 5 nitrogen and oxygen atoms in total. The van der Waals surface area contributed by atoms with Crippen molar-refractivity contribution in [2.24, 2.45) is 0 Å². The lowest BCUT2D eigenvalue weighted by Crippen LogP contribution is -2.16. The van der Waals surface area contributed by atoms with Crippen LogP contribution in [0.1, 0.15) is 5.56 Å². The first-order valence-electron chi connectivity index (χ1n) is 6.43. The van der Waals surface area contributed by atoms with E-state index in [-0.39, 0.29) is 11.5 Å². The van der Waals surface area contributed by atoms with Gasteiger partial charge in [0.15, 0.2) is 0 Å².